The van der Waals surface area contributed by atoms with E-state index >= 15 is 0 Å². The highest BCUT2D eigenvalue weighted by Gasteiger charge is 2.30. The van der Waals surface area contributed by atoms with Gasteiger partial charge >= 0.3 is 0 Å². The van der Waals surface area contributed by atoms with Crippen LogP contribution in [-0.2, 0) is 6.54 Å². The Morgan fingerprint density at radius 2 is 2.00 bits per heavy atom. The standard InChI is InChI=1S/C22H24N4OS/c1-4-12-25-21(17-10-11-17)23-24-22(25)28-14-20(27)19-13-15(2)26(16(19)3)18-8-6-5-7-9-18/h4-9,13,17H,1,10-12,14H2,2-3H3. The molecule has 1 saturated carbocycles. The van der Waals surface area contributed by atoms with Crippen molar-refractivity contribution in [2.45, 2.75) is 44.3 Å². The van der Waals surface area contributed by atoms with Crippen molar-refractivity contribution in [2.75, 3.05) is 5.75 Å². The molecule has 5 nitrogen and oxygen atoms in total. The third-order valence-corrected chi connectivity index (χ3v) is 6.04. The Kier molecular flexibility index (Phi) is 5.22. The van der Waals surface area contributed by atoms with Crippen LogP contribution in [0.25, 0.3) is 5.69 Å². The number of rotatable bonds is 8. The average Bonchev–Trinajstić information content (AvgIpc) is 3.40. The number of ketones is 1. The first kappa shape index (κ1) is 18.7. The predicted molar refractivity (Wildman–Crippen MR) is 112 cm³/mol. The number of carbonyl (C=O) groups excluding carboxylic acids is 1. The van der Waals surface area contributed by atoms with Crippen molar-refractivity contribution < 1.29 is 4.79 Å². The first-order valence-electron chi connectivity index (χ1n) is 9.54. The van der Waals surface area contributed by atoms with Gasteiger partial charge in [-0.05, 0) is 44.9 Å². The van der Waals surface area contributed by atoms with E-state index in [-0.39, 0.29) is 5.78 Å². The number of benzene rings is 1. The van der Waals surface area contributed by atoms with Gasteiger partial charge in [0.25, 0.3) is 0 Å². The molecule has 6 heteroatoms. The van der Waals surface area contributed by atoms with Gasteiger partial charge in [0.05, 0.1) is 5.75 Å². The Morgan fingerprint density at radius 3 is 2.68 bits per heavy atom. The molecule has 0 atom stereocenters. The molecule has 0 saturated heterocycles. The first-order valence-corrected chi connectivity index (χ1v) is 10.5. The molecule has 2 aromatic heterocycles. The first-order chi connectivity index (χ1) is 13.6. The molecule has 3 aromatic rings. The van der Waals surface area contributed by atoms with Crippen molar-refractivity contribution in [1.82, 2.24) is 19.3 Å². The van der Waals surface area contributed by atoms with Gasteiger partial charge in [0.2, 0.25) is 0 Å². The molecule has 1 aliphatic rings. The highest BCUT2D eigenvalue weighted by atomic mass is 32.2. The van der Waals surface area contributed by atoms with Crippen LogP contribution >= 0.6 is 11.8 Å². The molecule has 0 bridgehead atoms. The number of aryl methyl sites for hydroxylation is 1. The van der Waals surface area contributed by atoms with E-state index in [1.165, 1.54) is 24.6 Å². The van der Waals surface area contributed by atoms with Crippen LogP contribution in [0, 0.1) is 13.8 Å². The third-order valence-electron chi connectivity index (χ3n) is 5.08. The molecule has 0 N–H and O–H groups in total. The summed E-state index contributed by atoms with van der Waals surface area (Å²) in [4.78, 5) is 12.9. The van der Waals surface area contributed by atoms with Crippen molar-refractivity contribution in [3.8, 4) is 5.69 Å². The maximum atomic E-state index is 12.9. The maximum absolute atomic E-state index is 12.9. The summed E-state index contributed by atoms with van der Waals surface area (Å²) >= 11 is 1.46. The van der Waals surface area contributed by atoms with Gasteiger partial charge in [-0.15, -0.1) is 16.8 Å². The summed E-state index contributed by atoms with van der Waals surface area (Å²) in [5, 5.41) is 9.48. The summed E-state index contributed by atoms with van der Waals surface area (Å²) < 4.78 is 4.22. The van der Waals surface area contributed by atoms with Gasteiger partial charge in [-0.1, -0.05) is 36.0 Å². The summed E-state index contributed by atoms with van der Waals surface area (Å²) in [5.41, 5.74) is 3.87. The number of Topliss-reactive ketones (excluding diaryl/α,β-unsaturated/α-hetero) is 1. The third kappa shape index (κ3) is 3.56. The number of aromatic nitrogens is 4. The zero-order valence-electron chi connectivity index (χ0n) is 16.3. The lowest BCUT2D eigenvalue weighted by molar-refractivity contribution is 0.102. The second-order valence-electron chi connectivity index (χ2n) is 7.18. The monoisotopic (exact) mass is 392 g/mol. The predicted octanol–water partition coefficient (Wildman–Crippen LogP) is 4.72. The number of para-hydroxylation sites is 1. The zero-order chi connectivity index (χ0) is 19.7. The molecule has 0 radical (unpaired) electrons. The molecule has 144 valence electrons. The molecule has 1 aliphatic carbocycles. The number of thioether (sulfide) groups is 1. The van der Waals surface area contributed by atoms with Crippen LogP contribution in [0.15, 0.2) is 54.2 Å². The summed E-state index contributed by atoms with van der Waals surface area (Å²) in [6.07, 6.45) is 4.20. The second-order valence-corrected chi connectivity index (χ2v) is 8.12. The topological polar surface area (TPSA) is 52.7 Å². The van der Waals surface area contributed by atoms with E-state index in [0.29, 0.717) is 18.2 Å². The minimum absolute atomic E-state index is 0.112. The van der Waals surface area contributed by atoms with E-state index in [1.54, 1.807) is 0 Å². The van der Waals surface area contributed by atoms with Crippen LogP contribution in [0.3, 0.4) is 0 Å². The van der Waals surface area contributed by atoms with Gasteiger partial charge in [0, 0.05) is 35.1 Å². The van der Waals surface area contributed by atoms with Gasteiger partial charge in [-0.2, -0.15) is 0 Å². The van der Waals surface area contributed by atoms with Gasteiger partial charge in [-0.25, -0.2) is 0 Å². The number of allylic oxidation sites excluding steroid dienone is 1. The van der Waals surface area contributed by atoms with E-state index in [2.05, 4.69) is 38.0 Å². The molecule has 0 aliphatic heterocycles. The number of hydrogen-bond acceptors (Lipinski definition) is 4. The van der Waals surface area contributed by atoms with Crippen LogP contribution < -0.4 is 0 Å². The highest BCUT2D eigenvalue weighted by Crippen LogP contribution is 2.40. The fraction of sp³-hybridized carbons (Fsp3) is 0.318. The van der Waals surface area contributed by atoms with Crippen LogP contribution in [0.4, 0.5) is 0 Å². The molecule has 0 unspecified atom stereocenters. The fourth-order valence-electron chi connectivity index (χ4n) is 3.58. The van der Waals surface area contributed by atoms with Crippen LogP contribution in [-0.4, -0.2) is 30.9 Å². The second kappa shape index (κ2) is 7.80. The lowest BCUT2D eigenvalue weighted by Crippen LogP contribution is -2.07. The Bertz CT molecular complexity index is 1010. The van der Waals surface area contributed by atoms with Crippen molar-refractivity contribution in [3.05, 3.63) is 71.8 Å². The van der Waals surface area contributed by atoms with E-state index in [1.807, 2.05) is 44.2 Å². The van der Waals surface area contributed by atoms with Crippen molar-refractivity contribution in [3.63, 3.8) is 0 Å². The molecular weight excluding hydrogens is 368 g/mol. The summed E-state index contributed by atoms with van der Waals surface area (Å²) in [5.74, 6) is 2.00. The van der Waals surface area contributed by atoms with Crippen LogP contribution in [0.1, 0.15) is 46.3 Å². The molecule has 0 amide bonds. The minimum Gasteiger partial charge on any atom is -0.318 e. The van der Waals surface area contributed by atoms with Crippen LogP contribution in [0.5, 0.6) is 0 Å². The summed E-state index contributed by atoms with van der Waals surface area (Å²) in [7, 11) is 0. The Balaban J connectivity index is 1.53. The quantitative estimate of drug-likeness (QED) is 0.316. The normalized spacial score (nSPS) is 13.6. The van der Waals surface area contributed by atoms with E-state index in [9.17, 15) is 4.79 Å². The summed E-state index contributed by atoms with van der Waals surface area (Å²) in [6, 6.07) is 12.1. The fourth-order valence-corrected chi connectivity index (χ4v) is 4.42. The number of carbonyl (C=O) groups is 1. The number of hydrogen-bond donors (Lipinski definition) is 0. The summed E-state index contributed by atoms with van der Waals surface area (Å²) in [6.45, 7) is 8.55. The lowest BCUT2D eigenvalue weighted by atomic mass is 10.2. The maximum Gasteiger partial charge on any atom is 0.191 e. The Morgan fingerprint density at radius 1 is 1.25 bits per heavy atom. The molecule has 0 spiro atoms. The largest absolute Gasteiger partial charge is 0.318 e. The minimum atomic E-state index is 0.112. The Labute approximate surface area is 169 Å². The molecular formula is C22H24N4OS. The smallest absolute Gasteiger partial charge is 0.191 e. The molecule has 1 fully saturated rings. The van der Waals surface area contributed by atoms with Gasteiger partial charge < -0.3 is 9.13 Å². The Hall–Kier alpha value is -2.60. The SMILES string of the molecule is C=CCn1c(SCC(=O)c2cc(C)n(-c3ccccc3)c2C)nnc1C1CC1. The van der Waals surface area contributed by atoms with Gasteiger partial charge in [0.1, 0.15) is 5.82 Å². The van der Waals surface area contributed by atoms with Crippen LogP contribution in [0.2, 0.25) is 0 Å². The number of nitrogens with zero attached hydrogens (tertiary/aromatic N) is 4. The lowest BCUT2D eigenvalue weighted by Gasteiger charge is -2.09. The highest BCUT2D eigenvalue weighted by molar-refractivity contribution is 7.99. The molecule has 1 aromatic carbocycles. The van der Waals surface area contributed by atoms with Crippen molar-refractivity contribution in [2.24, 2.45) is 0 Å². The van der Waals surface area contributed by atoms with Crippen molar-refractivity contribution in [1.29, 1.82) is 0 Å². The average molecular weight is 393 g/mol. The molecule has 28 heavy (non-hydrogen) atoms. The van der Waals surface area contributed by atoms with E-state index < -0.39 is 0 Å². The van der Waals surface area contributed by atoms with Gasteiger partial charge in [-0.3, -0.25) is 4.79 Å². The molecule has 2 heterocycles. The van der Waals surface area contributed by atoms with Gasteiger partial charge in [0.15, 0.2) is 10.9 Å². The van der Waals surface area contributed by atoms with Crippen molar-refractivity contribution >= 4 is 17.5 Å². The molecule has 4 rings (SSSR count). The van der Waals surface area contributed by atoms with E-state index in [4.69, 9.17) is 0 Å². The van der Waals surface area contributed by atoms with E-state index in [0.717, 1.165) is 33.6 Å². The zero-order valence-corrected chi connectivity index (χ0v) is 17.1.